The van der Waals surface area contributed by atoms with Gasteiger partial charge in [0.05, 0.1) is 27.8 Å². The summed E-state index contributed by atoms with van der Waals surface area (Å²) in [7, 11) is 0. The van der Waals surface area contributed by atoms with Crippen LogP contribution in [0.3, 0.4) is 0 Å². The van der Waals surface area contributed by atoms with E-state index in [4.69, 9.17) is 9.72 Å². The third kappa shape index (κ3) is 3.56. The van der Waals surface area contributed by atoms with Crippen LogP contribution in [0.15, 0.2) is 48.5 Å². The van der Waals surface area contributed by atoms with Gasteiger partial charge in [0.1, 0.15) is 5.60 Å². The summed E-state index contributed by atoms with van der Waals surface area (Å²) < 4.78 is 7.81. The Morgan fingerprint density at radius 1 is 1.06 bits per heavy atom. The standard InChI is InChI=1S/C25H28N4O2/c1-25(2,3)31-24(30)26-13-16-28-14-8-15-29-20-12-7-5-10-18(20)21-23(29)22(28)17-9-4-6-11-19(17)27-21/h4-7,9-12H,8,13-16H2,1-3H3,(H,26,30). The number of hydrogen-bond acceptors (Lipinski definition) is 4. The highest BCUT2D eigenvalue weighted by Gasteiger charge is 2.24. The zero-order valence-electron chi connectivity index (χ0n) is 18.3. The molecule has 0 aliphatic carbocycles. The molecule has 1 N–H and O–H groups in total. The van der Waals surface area contributed by atoms with Gasteiger partial charge in [0.2, 0.25) is 0 Å². The van der Waals surface area contributed by atoms with E-state index in [1.165, 1.54) is 22.1 Å². The van der Waals surface area contributed by atoms with Crippen molar-refractivity contribution in [3.05, 3.63) is 48.5 Å². The molecule has 1 amide bonds. The first-order valence-electron chi connectivity index (χ1n) is 10.9. The number of amides is 1. The first-order valence-corrected chi connectivity index (χ1v) is 10.9. The van der Waals surface area contributed by atoms with E-state index in [1.807, 2.05) is 26.8 Å². The van der Waals surface area contributed by atoms with Gasteiger partial charge in [-0.3, -0.25) is 0 Å². The number of pyridine rings is 1. The van der Waals surface area contributed by atoms with Gasteiger partial charge in [0.15, 0.2) is 0 Å². The molecule has 2 aromatic carbocycles. The van der Waals surface area contributed by atoms with E-state index in [0.29, 0.717) is 13.1 Å². The van der Waals surface area contributed by atoms with Gasteiger partial charge >= 0.3 is 6.09 Å². The van der Waals surface area contributed by atoms with Crippen molar-refractivity contribution < 1.29 is 9.53 Å². The second kappa shape index (κ2) is 7.45. The topological polar surface area (TPSA) is 59.4 Å². The van der Waals surface area contributed by atoms with Gasteiger partial charge < -0.3 is 19.5 Å². The largest absolute Gasteiger partial charge is 0.444 e. The van der Waals surface area contributed by atoms with Crippen molar-refractivity contribution in [2.75, 3.05) is 24.5 Å². The molecular formula is C25H28N4O2. The SMILES string of the molecule is CC(C)(C)OC(=O)NCCN1CCCn2c3ccccc3c3nc4ccccc4c1c32. The second-order valence-corrected chi connectivity index (χ2v) is 9.11. The molecule has 31 heavy (non-hydrogen) atoms. The number of aromatic nitrogens is 2. The molecule has 160 valence electrons. The van der Waals surface area contributed by atoms with Crippen molar-refractivity contribution in [3.63, 3.8) is 0 Å². The van der Waals surface area contributed by atoms with Crippen LogP contribution in [0, 0.1) is 0 Å². The number of aryl methyl sites for hydroxylation is 1. The van der Waals surface area contributed by atoms with Gasteiger partial charge in [-0.2, -0.15) is 0 Å². The Kier molecular flexibility index (Phi) is 4.73. The summed E-state index contributed by atoms with van der Waals surface area (Å²) in [5, 5.41) is 5.26. The smallest absolute Gasteiger partial charge is 0.407 e. The zero-order valence-corrected chi connectivity index (χ0v) is 18.3. The zero-order chi connectivity index (χ0) is 21.6. The van der Waals surface area contributed by atoms with Crippen LogP contribution in [0.2, 0.25) is 0 Å². The first kappa shape index (κ1) is 19.7. The molecule has 0 atom stereocenters. The summed E-state index contributed by atoms with van der Waals surface area (Å²) in [5.74, 6) is 0. The number of benzene rings is 2. The summed E-state index contributed by atoms with van der Waals surface area (Å²) in [5.41, 5.74) is 5.18. The summed E-state index contributed by atoms with van der Waals surface area (Å²) >= 11 is 0. The van der Waals surface area contributed by atoms with Gasteiger partial charge in [-0.25, -0.2) is 9.78 Å². The summed E-state index contributed by atoms with van der Waals surface area (Å²) in [6.07, 6.45) is 0.657. The Morgan fingerprint density at radius 2 is 1.81 bits per heavy atom. The highest BCUT2D eigenvalue weighted by atomic mass is 16.6. The fourth-order valence-corrected chi connectivity index (χ4v) is 4.57. The van der Waals surface area contributed by atoms with Crippen molar-refractivity contribution in [2.24, 2.45) is 0 Å². The van der Waals surface area contributed by atoms with Crippen LogP contribution in [-0.4, -0.2) is 40.9 Å². The molecule has 1 aliphatic heterocycles. The van der Waals surface area contributed by atoms with E-state index in [1.54, 1.807) is 0 Å². The van der Waals surface area contributed by atoms with E-state index in [-0.39, 0.29) is 6.09 Å². The average Bonchev–Trinajstić information content (AvgIpc) is 2.90. The summed E-state index contributed by atoms with van der Waals surface area (Å²) in [4.78, 5) is 19.6. The molecule has 0 saturated carbocycles. The highest BCUT2D eigenvalue weighted by Crippen LogP contribution is 2.40. The summed E-state index contributed by atoms with van der Waals surface area (Å²) in [6, 6.07) is 16.9. The number of anilines is 1. The lowest BCUT2D eigenvalue weighted by Crippen LogP contribution is -2.38. The molecule has 2 aromatic heterocycles. The van der Waals surface area contributed by atoms with Gasteiger partial charge in [0.25, 0.3) is 0 Å². The van der Waals surface area contributed by atoms with Crippen LogP contribution in [0.4, 0.5) is 10.5 Å². The maximum atomic E-state index is 12.1. The minimum Gasteiger partial charge on any atom is -0.444 e. The molecule has 1 aliphatic rings. The Balaban J connectivity index is 1.58. The van der Waals surface area contributed by atoms with Crippen molar-refractivity contribution in [2.45, 2.75) is 39.3 Å². The monoisotopic (exact) mass is 416 g/mol. The van der Waals surface area contributed by atoms with Crippen molar-refractivity contribution >= 4 is 44.6 Å². The third-order valence-electron chi connectivity index (χ3n) is 5.74. The molecule has 5 rings (SSSR count). The molecule has 0 fully saturated rings. The molecule has 0 radical (unpaired) electrons. The molecule has 4 aromatic rings. The molecule has 0 saturated heterocycles. The quantitative estimate of drug-likeness (QED) is 0.506. The number of rotatable bonds is 3. The Labute approximate surface area is 181 Å². The van der Waals surface area contributed by atoms with Crippen LogP contribution in [0.5, 0.6) is 0 Å². The maximum absolute atomic E-state index is 12.1. The molecule has 0 spiro atoms. The van der Waals surface area contributed by atoms with Gasteiger partial charge in [-0.05, 0) is 39.3 Å². The number of ether oxygens (including phenoxy) is 1. The Morgan fingerprint density at radius 3 is 2.61 bits per heavy atom. The van der Waals surface area contributed by atoms with E-state index in [9.17, 15) is 4.79 Å². The van der Waals surface area contributed by atoms with E-state index >= 15 is 0 Å². The van der Waals surface area contributed by atoms with Crippen LogP contribution in [-0.2, 0) is 11.3 Å². The van der Waals surface area contributed by atoms with E-state index < -0.39 is 5.60 Å². The molecule has 0 unspecified atom stereocenters. The fourth-order valence-electron chi connectivity index (χ4n) is 4.57. The van der Waals surface area contributed by atoms with Crippen LogP contribution in [0.1, 0.15) is 27.2 Å². The summed E-state index contributed by atoms with van der Waals surface area (Å²) in [6.45, 7) is 8.74. The highest BCUT2D eigenvalue weighted by molar-refractivity contribution is 6.16. The normalized spacial score (nSPS) is 14.2. The minimum atomic E-state index is -0.499. The van der Waals surface area contributed by atoms with Crippen LogP contribution in [0.25, 0.3) is 32.8 Å². The van der Waals surface area contributed by atoms with Crippen molar-refractivity contribution in [1.82, 2.24) is 14.9 Å². The molecule has 0 bridgehead atoms. The maximum Gasteiger partial charge on any atom is 0.407 e. The van der Waals surface area contributed by atoms with Gasteiger partial charge in [-0.1, -0.05) is 36.4 Å². The van der Waals surface area contributed by atoms with Crippen molar-refractivity contribution in [3.8, 4) is 0 Å². The molecule has 6 heteroatoms. The van der Waals surface area contributed by atoms with E-state index in [0.717, 1.165) is 35.9 Å². The number of nitrogens with zero attached hydrogens (tertiary/aromatic N) is 3. The average molecular weight is 417 g/mol. The lowest BCUT2D eigenvalue weighted by Gasteiger charge is -2.26. The number of alkyl carbamates (subject to hydrolysis) is 1. The number of hydrogen-bond donors (Lipinski definition) is 1. The van der Waals surface area contributed by atoms with Crippen LogP contribution < -0.4 is 10.2 Å². The Bertz CT molecular complexity index is 1290. The fraction of sp³-hybridized carbons (Fsp3) is 0.360. The molecule has 6 nitrogen and oxygen atoms in total. The number of carbonyl (C=O) groups is 1. The second-order valence-electron chi connectivity index (χ2n) is 9.11. The lowest BCUT2D eigenvalue weighted by atomic mass is 10.1. The number of para-hydroxylation sites is 2. The minimum absolute atomic E-state index is 0.374. The van der Waals surface area contributed by atoms with Gasteiger partial charge in [-0.15, -0.1) is 0 Å². The van der Waals surface area contributed by atoms with E-state index in [2.05, 4.69) is 57.2 Å². The first-order chi connectivity index (χ1) is 14.9. The predicted octanol–water partition coefficient (Wildman–Crippen LogP) is 5.08. The molecule has 3 heterocycles. The lowest BCUT2D eigenvalue weighted by molar-refractivity contribution is 0.0529. The molecular weight excluding hydrogens is 388 g/mol. The number of fused-ring (bicyclic) bond motifs is 5. The third-order valence-corrected chi connectivity index (χ3v) is 5.74. The Hall–Kier alpha value is -3.28. The number of nitrogens with one attached hydrogen (secondary N) is 1. The van der Waals surface area contributed by atoms with Gasteiger partial charge in [0, 0.05) is 37.0 Å². The van der Waals surface area contributed by atoms with Crippen molar-refractivity contribution in [1.29, 1.82) is 0 Å². The van der Waals surface area contributed by atoms with Crippen LogP contribution >= 0.6 is 0 Å². The predicted molar refractivity (Wildman–Crippen MR) is 126 cm³/mol. The number of carbonyl (C=O) groups excluding carboxylic acids is 1.